The van der Waals surface area contributed by atoms with E-state index in [1.165, 1.54) is 12.1 Å². The Bertz CT molecular complexity index is 611. The van der Waals surface area contributed by atoms with Crippen molar-refractivity contribution in [1.29, 1.82) is 0 Å². The van der Waals surface area contributed by atoms with Crippen LogP contribution in [0.3, 0.4) is 0 Å². The second kappa shape index (κ2) is 6.15. The Morgan fingerprint density at radius 2 is 2.05 bits per heavy atom. The van der Waals surface area contributed by atoms with Gasteiger partial charge in [0.2, 0.25) is 10.0 Å². The molecule has 0 aromatic heterocycles. The van der Waals surface area contributed by atoms with Crippen LogP contribution in [0.2, 0.25) is 0 Å². The smallest absolute Gasteiger partial charge is 0.241 e. The van der Waals surface area contributed by atoms with Gasteiger partial charge in [-0.05, 0) is 30.9 Å². The van der Waals surface area contributed by atoms with Crippen molar-refractivity contribution >= 4 is 27.2 Å². The summed E-state index contributed by atoms with van der Waals surface area (Å²) < 4.78 is 40.8. The fraction of sp³-hybridized carbons (Fsp3) is 0.462. The number of rotatable bonds is 5. The summed E-state index contributed by atoms with van der Waals surface area (Å²) in [5.41, 5.74) is 5.21. The van der Waals surface area contributed by atoms with E-state index < -0.39 is 15.8 Å². The van der Waals surface area contributed by atoms with Gasteiger partial charge in [-0.15, -0.1) is 0 Å². The van der Waals surface area contributed by atoms with Crippen LogP contribution in [-0.2, 0) is 10.0 Å². The molecule has 1 fully saturated rings. The molecule has 1 saturated carbocycles. The van der Waals surface area contributed by atoms with Crippen molar-refractivity contribution in [1.82, 2.24) is 4.72 Å². The Morgan fingerprint density at radius 3 is 2.65 bits per heavy atom. The van der Waals surface area contributed by atoms with E-state index >= 15 is 0 Å². The van der Waals surface area contributed by atoms with Gasteiger partial charge in [-0.2, -0.15) is 0 Å². The molecule has 20 heavy (non-hydrogen) atoms. The largest absolute Gasteiger partial charge is 0.389 e. The molecule has 4 nitrogen and oxygen atoms in total. The molecule has 0 saturated heterocycles. The van der Waals surface area contributed by atoms with E-state index in [0.717, 1.165) is 31.7 Å². The van der Waals surface area contributed by atoms with E-state index in [0.29, 0.717) is 12.5 Å². The van der Waals surface area contributed by atoms with Gasteiger partial charge in [-0.1, -0.05) is 31.1 Å². The molecule has 0 bridgehead atoms. The third-order valence-corrected chi connectivity index (χ3v) is 5.22. The Labute approximate surface area is 123 Å². The second-order valence-corrected chi connectivity index (χ2v) is 7.15. The quantitative estimate of drug-likeness (QED) is 0.814. The van der Waals surface area contributed by atoms with Crippen LogP contribution in [0.15, 0.2) is 23.1 Å². The van der Waals surface area contributed by atoms with Gasteiger partial charge in [-0.25, -0.2) is 17.5 Å². The number of sulfonamides is 1. The SMILES string of the molecule is NC(=S)c1c(F)cccc1S(=O)(=O)NCC1CCCC1. The third kappa shape index (κ3) is 3.34. The molecule has 3 N–H and O–H groups in total. The first-order valence-corrected chi connectivity index (χ1v) is 8.39. The van der Waals surface area contributed by atoms with E-state index in [1.54, 1.807) is 0 Å². The molecule has 1 aliphatic carbocycles. The van der Waals surface area contributed by atoms with Gasteiger partial charge in [-0.3, -0.25) is 0 Å². The van der Waals surface area contributed by atoms with Crippen molar-refractivity contribution in [2.75, 3.05) is 6.54 Å². The van der Waals surface area contributed by atoms with E-state index in [1.807, 2.05) is 0 Å². The number of hydrogen-bond donors (Lipinski definition) is 2. The van der Waals surface area contributed by atoms with Crippen LogP contribution < -0.4 is 10.5 Å². The van der Waals surface area contributed by atoms with Crippen molar-refractivity contribution in [3.63, 3.8) is 0 Å². The molecule has 2 rings (SSSR count). The van der Waals surface area contributed by atoms with Gasteiger partial charge in [0, 0.05) is 6.54 Å². The third-order valence-electron chi connectivity index (χ3n) is 3.55. The minimum Gasteiger partial charge on any atom is -0.389 e. The predicted molar refractivity (Wildman–Crippen MR) is 79.4 cm³/mol. The first-order chi connectivity index (χ1) is 9.42. The highest BCUT2D eigenvalue weighted by Gasteiger charge is 2.24. The highest BCUT2D eigenvalue weighted by atomic mass is 32.2. The summed E-state index contributed by atoms with van der Waals surface area (Å²) in [6, 6.07) is 3.79. The van der Waals surface area contributed by atoms with Gasteiger partial charge in [0.15, 0.2) is 0 Å². The van der Waals surface area contributed by atoms with E-state index in [4.69, 9.17) is 18.0 Å². The van der Waals surface area contributed by atoms with Crippen LogP contribution in [-0.4, -0.2) is 20.0 Å². The summed E-state index contributed by atoms with van der Waals surface area (Å²) in [5.74, 6) is -0.368. The number of hydrogen-bond acceptors (Lipinski definition) is 3. The standard InChI is InChI=1S/C13H17FN2O2S2/c14-10-6-3-7-11(12(10)13(15)19)20(17,18)16-8-9-4-1-2-5-9/h3,6-7,9,16H,1-2,4-5,8H2,(H2,15,19). The average molecular weight is 316 g/mol. The summed E-state index contributed by atoms with van der Waals surface area (Å²) in [7, 11) is -3.80. The van der Waals surface area contributed by atoms with E-state index in [9.17, 15) is 12.8 Å². The van der Waals surface area contributed by atoms with Crippen LogP contribution in [0.25, 0.3) is 0 Å². The molecule has 1 aromatic carbocycles. The lowest BCUT2D eigenvalue weighted by Gasteiger charge is -2.14. The number of nitrogens with one attached hydrogen (secondary N) is 1. The molecule has 110 valence electrons. The van der Waals surface area contributed by atoms with Crippen molar-refractivity contribution in [2.24, 2.45) is 11.7 Å². The molecular weight excluding hydrogens is 299 g/mol. The number of benzene rings is 1. The number of nitrogens with two attached hydrogens (primary N) is 1. The minimum absolute atomic E-state index is 0.192. The van der Waals surface area contributed by atoms with Gasteiger partial charge >= 0.3 is 0 Å². The normalized spacial score (nSPS) is 16.4. The first-order valence-electron chi connectivity index (χ1n) is 6.50. The molecular formula is C13H17FN2O2S2. The maximum atomic E-state index is 13.7. The zero-order chi connectivity index (χ0) is 14.8. The lowest BCUT2D eigenvalue weighted by atomic mass is 10.1. The minimum atomic E-state index is -3.80. The zero-order valence-electron chi connectivity index (χ0n) is 10.9. The molecule has 0 aliphatic heterocycles. The summed E-state index contributed by atoms with van der Waals surface area (Å²) in [4.78, 5) is -0.452. The van der Waals surface area contributed by atoms with Crippen LogP contribution in [0.5, 0.6) is 0 Å². The first kappa shape index (κ1) is 15.3. The topological polar surface area (TPSA) is 72.2 Å². The van der Waals surface area contributed by atoms with Crippen LogP contribution in [0, 0.1) is 11.7 Å². The lowest BCUT2D eigenvalue weighted by molar-refractivity contribution is 0.519. The maximum Gasteiger partial charge on any atom is 0.241 e. The van der Waals surface area contributed by atoms with Crippen LogP contribution in [0.4, 0.5) is 4.39 Å². The molecule has 0 unspecified atom stereocenters. The lowest BCUT2D eigenvalue weighted by Crippen LogP contribution is -2.30. The second-order valence-electron chi connectivity index (χ2n) is 4.98. The zero-order valence-corrected chi connectivity index (χ0v) is 12.6. The van der Waals surface area contributed by atoms with Crippen LogP contribution in [0.1, 0.15) is 31.2 Å². The molecule has 1 aliphatic rings. The van der Waals surface area contributed by atoms with Crippen LogP contribution >= 0.6 is 12.2 Å². The Kier molecular flexibility index (Phi) is 4.72. The Morgan fingerprint density at radius 1 is 1.40 bits per heavy atom. The molecule has 1 aromatic rings. The Hall–Kier alpha value is -1.05. The maximum absolute atomic E-state index is 13.7. The molecule has 0 radical (unpaired) electrons. The van der Waals surface area contributed by atoms with Crippen molar-refractivity contribution < 1.29 is 12.8 Å². The van der Waals surface area contributed by atoms with Gasteiger partial charge in [0.1, 0.15) is 10.8 Å². The molecule has 0 amide bonds. The number of halogens is 1. The van der Waals surface area contributed by atoms with E-state index in [2.05, 4.69) is 4.72 Å². The van der Waals surface area contributed by atoms with Gasteiger partial charge in [0.25, 0.3) is 0 Å². The fourth-order valence-corrected chi connectivity index (χ4v) is 4.10. The summed E-state index contributed by atoms with van der Waals surface area (Å²) >= 11 is 4.74. The Balaban J connectivity index is 2.24. The van der Waals surface area contributed by atoms with Crippen molar-refractivity contribution in [3.05, 3.63) is 29.6 Å². The predicted octanol–water partition coefficient (Wildman–Crippen LogP) is 1.93. The highest BCUT2D eigenvalue weighted by Crippen LogP contribution is 2.25. The van der Waals surface area contributed by atoms with Gasteiger partial charge < -0.3 is 5.73 Å². The van der Waals surface area contributed by atoms with Crippen molar-refractivity contribution in [2.45, 2.75) is 30.6 Å². The van der Waals surface area contributed by atoms with Crippen molar-refractivity contribution in [3.8, 4) is 0 Å². The monoisotopic (exact) mass is 316 g/mol. The molecule has 0 heterocycles. The molecule has 0 atom stereocenters. The van der Waals surface area contributed by atoms with Gasteiger partial charge in [0.05, 0.1) is 10.5 Å². The summed E-state index contributed by atoms with van der Waals surface area (Å²) in [6.45, 7) is 0.371. The average Bonchev–Trinajstić information content (AvgIpc) is 2.89. The molecule has 7 heteroatoms. The summed E-state index contributed by atoms with van der Waals surface area (Å²) in [5, 5.41) is 0. The summed E-state index contributed by atoms with van der Waals surface area (Å²) in [6.07, 6.45) is 4.30. The molecule has 0 spiro atoms. The number of thiocarbonyl (C=S) groups is 1. The highest BCUT2D eigenvalue weighted by molar-refractivity contribution is 7.89. The van der Waals surface area contributed by atoms with E-state index in [-0.39, 0.29) is 15.4 Å². The fourth-order valence-electron chi connectivity index (χ4n) is 2.49.